The lowest BCUT2D eigenvalue weighted by Crippen LogP contribution is -2.36. The van der Waals surface area contributed by atoms with Crippen molar-refractivity contribution in [1.29, 1.82) is 0 Å². The Morgan fingerprint density at radius 3 is 2.57 bits per heavy atom. The summed E-state index contributed by atoms with van der Waals surface area (Å²) in [5, 5.41) is 7.00. The molecule has 2 nitrogen and oxygen atoms in total. The van der Waals surface area contributed by atoms with E-state index in [1.165, 1.54) is 5.56 Å². The van der Waals surface area contributed by atoms with E-state index in [1.807, 2.05) is 25.1 Å². The van der Waals surface area contributed by atoms with Crippen molar-refractivity contribution in [2.75, 3.05) is 6.54 Å². The predicted octanol–water partition coefficient (Wildman–Crippen LogP) is 2.23. The molecule has 0 fully saturated rings. The first-order chi connectivity index (χ1) is 6.74. The van der Waals surface area contributed by atoms with E-state index in [1.54, 1.807) is 0 Å². The van der Waals surface area contributed by atoms with E-state index in [9.17, 15) is 0 Å². The third-order valence-electron chi connectivity index (χ3n) is 1.98. The molecule has 0 radical (unpaired) electrons. The molecule has 0 spiro atoms. The number of nitrogens with one attached hydrogen (secondary N) is 2. The van der Waals surface area contributed by atoms with Gasteiger partial charge in [-0.2, -0.15) is 0 Å². The Labute approximate surface area is 90.7 Å². The van der Waals surface area contributed by atoms with Gasteiger partial charge < -0.3 is 10.6 Å². The highest BCUT2D eigenvalue weighted by Gasteiger charge is 2.04. The van der Waals surface area contributed by atoms with Crippen LogP contribution in [0.25, 0.3) is 0 Å². The van der Waals surface area contributed by atoms with E-state index in [0.29, 0.717) is 5.11 Å². The van der Waals surface area contributed by atoms with Gasteiger partial charge in [0.05, 0.1) is 6.04 Å². The second-order valence-corrected chi connectivity index (χ2v) is 3.54. The summed E-state index contributed by atoms with van der Waals surface area (Å²) in [7, 11) is 0. The molecule has 0 unspecified atom stereocenters. The molecule has 0 bridgehead atoms. The summed E-state index contributed by atoms with van der Waals surface area (Å²) >= 11 is 5.11. The van der Waals surface area contributed by atoms with E-state index >= 15 is 0 Å². The van der Waals surface area contributed by atoms with Gasteiger partial charge in [0.1, 0.15) is 0 Å². The van der Waals surface area contributed by atoms with Crippen molar-refractivity contribution in [1.82, 2.24) is 10.6 Å². The molecule has 0 saturated carbocycles. The first kappa shape index (κ1) is 11.0. The van der Waals surface area contributed by atoms with Crippen molar-refractivity contribution in [3.05, 3.63) is 35.9 Å². The van der Waals surface area contributed by atoms with Crippen molar-refractivity contribution >= 4 is 17.3 Å². The van der Waals surface area contributed by atoms with Gasteiger partial charge in [0.25, 0.3) is 0 Å². The van der Waals surface area contributed by atoms with E-state index < -0.39 is 0 Å². The summed E-state index contributed by atoms with van der Waals surface area (Å²) in [6.45, 7) is 4.98. The quantitative estimate of drug-likeness (QED) is 0.745. The minimum absolute atomic E-state index is 0.253. The molecule has 0 aliphatic carbocycles. The highest BCUT2D eigenvalue weighted by Crippen LogP contribution is 2.10. The van der Waals surface area contributed by atoms with Crippen LogP contribution in [0.5, 0.6) is 0 Å². The predicted molar refractivity (Wildman–Crippen MR) is 64.3 cm³/mol. The molecule has 0 saturated heterocycles. The summed E-state index contributed by atoms with van der Waals surface area (Å²) in [6, 6.07) is 10.5. The number of rotatable bonds is 3. The molecule has 0 amide bonds. The third kappa shape index (κ3) is 3.34. The Kier molecular flexibility index (Phi) is 4.40. The van der Waals surface area contributed by atoms with Crippen LogP contribution in [0, 0.1) is 0 Å². The molecule has 0 aliphatic heterocycles. The molecule has 0 heterocycles. The Bertz CT molecular complexity index is 285. The van der Waals surface area contributed by atoms with Crippen LogP contribution in [0.1, 0.15) is 25.5 Å². The highest BCUT2D eigenvalue weighted by atomic mass is 32.1. The topological polar surface area (TPSA) is 24.1 Å². The molecular weight excluding hydrogens is 192 g/mol. The van der Waals surface area contributed by atoms with Crippen LogP contribution in [0.2, 0.25) is 0 Å². The number of hydrogen-bond donors (Lipinski definition) is 2. The average molecular weight is 208 g/mol. The summed E-state index contributed by atoms with van der Waals surface area (Å²) in [6.07, 6.45) is 0. The van der Waals surface area contributed by atoms with Gasteiger partial charge in [-0.1, -0.05) is 30.3 Å². The average Bonchev–Trinajstić information content (AvgIpc) is 2.19. The summed E-state index contributed by atoms with van der Waals surface area (Å²) in [5.74, 6) is 0. The maximum absolute atomic E-state index is 5.11. The van der Waals surface area contributed by atoms with Crippen molar-refractivity contribution in [3.8, 4) is 0 Å². The highest BCUT2D eigenvalue weighted by molar-refractivity contribution is 7.80. The van der Waals surface area contributed by atoms with E-state index in [4.69, 9.17) is 12.2 Å². The molecule has 1 atom stereocenters. The molecule has 14 heavy (non-hydrogen) atoms. The van der Waals surface area contributed by atoms with Crippen LogP contribution in [-0.4, -0.2) is 11.7 Å². The minimum atomic E-state index is 0.253. The smallest absolute Gasteiger partial charge is 0.166 e. The van der Waals surface area contributed by atoms with Gasteiger partial charge in [0.2, 0.25) is 0 Å². The second-order valence-electron chi connectivity index (χ2n) is 3.14. The fourth-order valence-electron chi connectivity index (χ4n) is 1.23. The van der Waals surface area contributed by atoms with Gasteiger partial charge >= 0.3 is 0 Å². The Morgan fingerprint density at radius 1 is 1.36 bits per heavy atom. The largest absolute Gasteiger partial charge is 0.363 e. The van der Waals surface area contributed by atoms with Crippen LogP contribution in [0.4, 0.5) is 0 Å². The first-order valence-electron chi connectivity index (χ1n) is 4.83. The zero-order valence-electron chi connectivity index (χ0n) is 8.58. The maximum Gasteiger partial charge on any atom is 0.166 e. The van der Waals surface area contributed by atoms with Gasteiger partial charge in [-0.15, -0.1) is 0 Å². The maximum atomic E-state index is 5.11. The monoisotopic (exact) mass is 208 g/mol. The number of hydrogen-bond acceptors (Lipinski definition) is 1. The Morgan fingerprint density at radius 2 is 2.00 bits per heavy atom. The Balaban J connectivity index is 2.50. The van der Waals surface area contributed by atoms with E-state index in [2.05, 4.69) is 29.7 Å². The molecule has 0 aromatic heterocycles. The van der Waals surface area contributed by atoms with Crippen molar-refractivity contribution in [3.63, 3.8) is 0 Å². The van der Waals surface area contributed by atoms with Gasteiger partial charge in [0, 0.05) is 6.54 Å². The normalized spacial score (nSPS) is 11.9. The lowest BCUT2D eigenvalue weighted by molar-refractivity contribution is 0.702. The molecule has 0 aliphatic rings. The van der Waals surface area contributed by atoms with Crippen molar-refractivity contribution < 1.29 is 0 Å². The number of benzene rings is 1. The van der Waals surface area contributed by atoms with Crippen LogP contribution < -0.4 is 10.6 Å². The zero-order chi connectivity index (χ0) is 10.4. The molecular formula is C11H16N2S. The summed E-state index contributed by atoms with van der Waals surface area (Å²) in [5.41, 5.74) is 1.24. The zero-order valence-corrected chi connectivity index (χ0v) is 9.40. The van der Waals surface area contributed by atoms with E-state index in [0.717, 1.165) is 6.54 Å². The third-order valence-corrected chi connectivity index (χ3v) is 2.25. The van der Waals surface area contributed by atoms with Crippen LogP contribution >= 0.6 is 12.2 Å². The van der Waals surface area contributed by atoms with Gasteiger partial charge in [-0.3, -0.25) is 0 Å². The standard InChI is InChI=1S/C11H16N2S/c1-3-12-11(14)13-9(2)10-7-5-4-6-8-10/h4-9H,3H2,1-2H3,(H2,12,13,14)/t9-/m0/s1. The van der Waals surface area contributed by atoms with Crippen LogP contribution in [0.15, 0.2) is 30.3 Å². The van der Waals surface area contributed by atoms with Crippen molar-refractivity contribution in [2.45, 2.75) is 19.9 Å². The molecule has 1 aromatic rings. The Hall–Kier alpha value is -1.09. The molecule has 2 N–H and O–H groups in total. The van der Waals surface area contributed by atoms with Gasteiger partial charge in [-0.05, 0) is 31.6 Å². The van der Waals surface area contributed by atoms with Gasteiger partial charge in [0.15, 0.2) is 5.11 Å². The second kappa shape index (κ2) is 5.60. The van der Waals surface area contributed by atoms with Crippen molar-refractivity contribution in [2.24, 2.45) is 0 Å². The van der Waals surface area contributed by atoms with E-state index in [-0.39, 0.29) is 6.04 Å². The van der Waals surface area contributed by atoms with Gasteiger partial charge in [-0.25, -0.2) is 0 Å². The molecule has 1 aromatic carbocycles. The molecule has 1 rings (SSSR count). The number of thiocarbonyl (C=S) groups is 1. The lowest BCUT2D eigenvalue weighted by Gasteiger charge is -2.16. The SMILES string of the molecule is CCNC(=S)N[C@@H](C)c1ccccc1. The lowest BCUT2D eigenvalue weighted by atomic mass is 10.1. The fraction of sp³-hybridized carbons (Fsp3) is 0.364. The minimum Gasteiger partial charge on any atom is -0.363 e. The van der Waals surface area contributed by atoms with Crippen LogP contribution in [-0.2, 0) is 0 Å². The fourth-order valence-corrected chi connectivity index (χ4v) is 1.55. The molecule has 3 heteroatoms. The molecule has 76 valence electrons. The first-order valence-corrected chi connectivity index (χ1v) is 5.24. The summed E-state index contributed by atoms with van der Waals surface area (Å²) < 4.78 is 0. The summed E-state index contributed by atoms with van der Waals surface area (Å²) in [4.78, 5) is 0. The van der Waals surface area contributed by atoms with Crippen LogP contribution in [0.3, 0.4) is 0 Å².